The molecule has 48 heavy (non-hydrogen) atoms. The van der Waals surface area contributed by atoms with Gasteiger partial charge < -0.3 is 19.2 Å². The zero-order chi connectivity index (χ0) is 33.5. The fourth-order valence-electron chi connectivity index (χ4n) is 8.23. The molecule has 0 unspecified atom stereocenters. The SMILES string of the molecule is O=C1[C@H]2[C@H](CC=C3[C@H]2C[C@@]2(Cl)C(=O)N(c4ccc(F)cc4)C(=O)[C@@]2(Cl)[C@H]3c2ccc(CO)o2)C(=O)N1c1ccc(N2CCOCC2)cc1. The van der Waals surface area contributed by atoms with Crippen molar-refractivity contribution in [1.29, 1.82) is 0 Å². The number of imide groups is 2. The van der Waals surface area contributed by atoms with Gasteiger partial charge in [-0.1, -0.05) is 11.6 Å². The number of rotatable bonds is 5. The lowest BCUT2D eigenvalue weighted by Gasteiger charge is -2.49. The van der Waals surface area contributed by atoms with Crippen LogP contribution in [0.15, 0.2) is 76.7 Å². The van der Waals surface area contributed by atoms with E-state index < -0.39 is 63.6 Å². The smallest absolute Gasteiger partial charge is 0.258 e. The molecule has 3 aliphatic heterocycles. The van der Waals surface area contributed by atoms with Crippen molar-refractivity contribution in [1.82, 2.24) is 0 Å². The first-order valence-electron chi connectivity index (χ1n) is 15.8. The first-order chi connectivity index (χ1) is 23.1. The maximum absolute atomic E-state index is 14.4. The number of halogens is 3. The number of carbonyl (C=O) groups is 4. The third-order valence-electron chi connectivity index (χ3n) is 10.5. The normalized spacial score (nSPS) is 31.6. The highest BCUT2D eigenvalue weighted by Gasteiger charge is 2.77. The van der Waals surface area contributed by atoms with Gasteiger partial charge in [-0.25, -0.2) is 9.29 Å². The number of anilines is 3. The summed E-state index contributed by atoms with van der Waals surface area (Å²) in [7, 11) is 0. The van der Waals surface area contributed by atoms with Crippen molar-refractivity contribution in [2.75, 3.05) is 41.0 Å². The van der Waals surface area contributed by atoms with Crippen LogP contribution in [0.4, 0.5) is 21.5 Å². The first kappa shape index (κ1) is 31.3. The molecule has 0 bridgehead atoms. The Morgan fingerprint density at radius 1 is 0.812 bits per heavy atom. The predicted octanol–water partition coefficient (Wildman–Crippen LogP) is 4.52. The van der Waals surface area contributed by atoms with Crippen LogP contribution in [0, 0.1) is 23.6 Å². The molecule has 0 spiro atoms. The van der Waals surface area contributed by atoms with Gasteiger partial charge in [0.05, 0.1) is 42.3 Å². The van der Waals surface area contributed by atoms with Gasteiger partial charge in [-0.3, -0.25) is 24.1 Å². The van der Waals surface area contributed by atoms with Crippen molar-refractivity contribution < 1.29 is 37.8 Å². The molecule has 3 saturated heterocycles. The molecule has 1 N–H and O–H groups in total. The third-order valence-corrected chi connectivity index (χ3v) is 11.9. The number of hydrogen-bond donors (Lipinski definition) is 1. The van der Waals surface area contributed by atoms with Gasteiger partial charge in [-0.2, -0.15) is 0 Å². The van der Waals surface area contributed by atoms with Gasteiger partial charge in [0.1, 0.15) is 23.9 Å². The molecule has 10 nitrogen and oxygen atoms in total. The number of aliphatic hydroxyl groups excluding tert-OH is 1. The van der Waals surface area contributed by atoms with Gasteiger partial charge in [0.2, 0.25) is 11.8 Å². The van der Waals surface area contributed by atoms with Crippen LogP contribution in [-0.2, 0) is 30.5 Å². The summed E-state index contributed by atoms with van der Waals surface area (Å²) in [6.07, 6.45) is 1.80. The number of ether oxygens (including phenoxy) is 1. The van der Waals surface area contributed by atoms with E-state index in [1.54, 1.807) is 18.2 Å². The van der Waals surface area contributed by atoms with E-state index in [-0.39, 0.29) is 36.0 Å². The number of carbonyl (C=O) groups excluding carboxylic acids is 4. The standard InChI is InChI=1S/C35H30Cl2FN3O7/c36-34-17-26-24(10-11-25-28(26)31(44)40(30(25)43)21-7-5-20(6-8-21)39-13-15-47-16-14-39)29(27-12-9-23(18-42)48-27)35(34,37)33(46)41(32(34)45)22-3-1-19(38)2-4-22/h1-10,12,25-26,28-29,42H,11,13-18H2/t25-,26+,28-,29+,34+,35-/m0/s1. The Morgan fingerprint density at radius 3 is 2.12 bits per heavy atom. The predicted molar refractivity (Wildman–Crippen MR) is 173 cm³/mol. The van der Waals surface area contributed by atoms with Crippen molar-refractivity contribution >= 4 is 63.9 Å². The van der Waals surface area contributed by atoms with Gasteiger partial charge in [0, 0.05) is 18.8 Å². The molecule has 13 heteroatoms. The highest BCUT2D eigenvalue weighted by Crippen LogP contribution is 2.66. The summed E-state index contributed by atoms with van der Waals surface area (Å²) in [4.78, 5) is 57.0. The Bertz CT molecular complexity index is 1870. The van der Waals surface area contributed by atoms with Crippen molar-refractivity contribution in [2.24, 2.45) is 17.8 Å². The Labute approximate surface area is 284 Å². The molecule has 4 heterocycles. The number of amides is 4. The molecule has 6 atom stereocenters. The van der Waals surface area contributed by atoms with E-state index in [4.69, 9.17) is 32.4 Å². The van der Waals surface area contributed by atoms with Crippen LogP contribution in [0.5, 0.6) is 0 Å². The topological polar surface area (TPSA) is 121 Å². The highest BCUT2D eigenvalue weighted by molar-refractivity contribution is 6.58. The van der Waals surface area contributed by atoms with Crippen molar-refractivity contribution in [2.45, 2.75) is 35.1 Å². The molecular formula is C35H30Cl2FN3O7. The molecule has 8 rings (SSSR count). The number of aliphatic hydroxyl groups is 1. The number of morpholine rings is 1. The molecule has 1 aromatic heterocycles. The van der Waals surface area contributed by atoms with Crippen molar-refractivity contribution in [3.63, 3.8) is 0 Å². The molecule has 3 aromatic rings. The van der Waals surface area contributed by atoms with E-state index in [0.29, 0.717) is 24.5 Å². The molecule has 2 aliphatic carbocycles. The second-order valence-corrected chi connectivity index (χ2v) is 14.1. The molecule has 1 saturated carbocycles. The van der Waals surface area contributed by atoms with E-state index in [1.165, 1.54) is 23.1 Å². The monoisotopic (exact) mass is 693 g/mol. The van der Waals surface area contributed by atoms with Crippen LogP contribution in [0.25, 0.3) is 0 Å². The van der Waals surface area contributed by atoms with Crippen molar-refractivity contribution in [3.05, 3.63) is 89.7 Å². The quantitative estimate of drug-likeness (QED) is 0.236. The number of furan rings is 1. The number of alkyl halides is 2. The maximum Gasteiger partial charge on any atom is 0.258 e. The summed E-state index contributed by atoms with van der Waals surface area (Å²) < 4.78 is 25.2. The zero-order valence-electron chi connectivity index (χ0n) is 25.5. The van der Waals surface area contributed by atoms with Crippen LogP contribution in [0.2, 0.25) is 0 Å². The highest BCUT2D eigenvalue weighted by atomic mass is 35.5. The van der Waals surface area contributed by atoms with Crippen LogP contribution >= 0.6 is 23.2 Å². The minimum atomic E-state index is -2.11. The summed E-state index contributed by atoms with van der Waals surface area (Å²) in [5.74, 6) is -6.08. The molecular weight excluding hydrogens is 664 g/mol. The Morgan fingerprint density at radius 2 is 1.46 bits per heavy atom. The molecule has 5 aliphatic rings. The van der Waals surface area contributed by atoms with Gasteiger partial charge in [0.15, 0.2) is 9.75 Å². The summed E-state index contributed by atoms with van der Waals surface area (Å²) >= 11 is 14.7. The van der Waals surface area contributed by atoms with E-state index in [9.17, 15) is 28.7 Å². The van der Waals surface area contributed by atoms with Crippen molar-refractivity contribution in [3.8, 4) is 0 Å². The summed E-state index contributed by atoms with van der Waals surface area (Å²) in [5, 5.41) is 9.78. The summed E-state index contributed by atoms with van der Waals surface area (Å²) in [6, 6.07) is 15.2. The molecule has 0 radical (unpaired) electrons. The lowest BCUT2D eigenvalue weighted by molar-refractivity contribution is -0.125. The average molecular weight is 695 g/mol. The maximum atomic E-state index is 14.4. The largest absolute Gasteiger partial charge is 0.463 e. The van der Waals surface area contributed by atoms with Gasteiger partial charge in [-0.05, 0) is 79.4 Å². The number of fused-ring (bicyclic) bond motifs is 4. The van der Waals surface area contributed by atoms with Gasteiger partial charge in [-0.15, -0.1) is 23.2 Å². The Kier molecular flexibility index (Phi) is 7.33. The van der Waals surface area contributed by atoms with E-state index >= 15 is 0 Å². The minimum absolute atomic E-state index is 0.0868. The van der Waals surface area contributed by atoms with Crippen LogP contribution in [0.3, 0.4) is 0 Å². The fraction of sp³-hybridized carbons (Fsp3) is 0.371. The lowest BCUT2D eigenvalue weighted by Crippen LogP contribution is -2.60. The Balaban J connectivity index is 1.20. The average Bonchev–Trinajstić information content (AvgIpc) is 3.72. The Hall–Kier alpha value is -4.03. The van der Waals surface area contributed by atoms with E-state index in [2.05, 4.69) is 4.90 Å². The first-order valence-corrected chi connectivity index (χ1v) is 16.6. The van der Waals surface area contributed by atoms with Crippen LogP contribution in [0.1, 0.15) is 30.3 Å². The minimum Gasteiger partial charge on any atom is -0.463 e. The number of allylic oxidation sites excluding steroid dienone is 2. The lowest BCUT2D eigenvalue weighted by atomic mass is 9.57. The van der Waals surface area contributed by atoms with Gasteiger partial charge in [0.25, 0.3) is 11.8 Å². The number of hydrogen-bond acceptors (Lipinski definition) is 8. The molecule has 4 amide bonds. The zero-order valence-corrected chi connectivity index (χ0v) is 27.0. The second-order valence-electron chi connectivity index (χ2n) is 12.8. The number of benzene rings is 2. The molecule has 2 aromatic carbocycles. The van der Waals surface area contributed by atoms with E-state index in [0.717, 1.165) is 35.8 Å². The fourth-order valence-corrected chi connectivity index (χ4v) is 9.15. The molecule has 4 fully saturated rings. The summed E-state index contributed by atoms with van der Waals surface area (Å²) in [5.41, 5.74) is 2.04. The number of nitrogens with zero attached hydrogens (tertiary/aromatic N) is 3. The molecule has 248 valence electrons. The summed E-state index contributed by atoms with van der Waals surface area (Å²) in [6.45, 7) is 2.28. The van der Waals surface area contributed by atoms with E-state index in [1.807, 2.05) is 18.2 Å². The van der Waals surface area contributed by atoms with Gasteiger partial charge >= 0.3 is 0 Å². The second kappa shape index (κ2) is 11.3. The van der Waals surface area contributed by atoms with Crippen LogP contribution in [-0.4, -0.2) is 64.8 Å². The third kappa shape index (κ3) is 4.30. The van der Waals surface area contributed by atoms with Crippen LogP contribution < -0.4 is 14.7 Å².